The van der Waals surface area contributed by atoms with Gasteiger partial charge < -0.3 is 24.4 Å². The molecule has 51 heavy (non-hydrogen) atoms. The van der Waals surface area contributed by atoms with E-state index in [1.165, 1.54) is 10.4 Å². The van der Waals surface area contributed by atoms with Gasteiger partial charge in [-0.25, -0.2) is 5.48 Å². The monoisotopic (exact) mass is 693 g/mol. The molecule has 4 aromatic carbocycles. The van der Waals surface area contributed by atoms with Crippen LogP contribution in [-0.4, -0.2) is 56.9 Å². The summed E-state index contributed by atoms with van der Waals surface area (Å²) in [5.74, 6) is -6.42. The minimum absolute atomic E-state index is 0.162. The standard InChI is InChI=1S/C40H43N3O8/c1-3-23-42(25-27-15-19-31(20-16-27)50-29-11-7-5-8-12-29)38(45)34-33(37(44)41-49)36(40(47)48)35(34)39(46)43(24-4-2)26-28-17-21-32(22-18-28)51-30-13-9-6-10-14-30/h5-22,33-36,49H,3-4,23-26H2,1-2H3,(H,41,44)(H,47,48). The van der Waals surface area contributed by atoms with Gasteiger partial charge in [0.15, 0.2) is 0 Å². The number of para-hydroxylation sites is 2. The predicted molar refractivity (Wildman–Crippen MR) is 189 cm³/mol. The number of amides is 3. The number of carboxylic acids is 1. The summed E-state index contributed by atoms with van der Waals surface area (Å²) in [6, 6.07) is 33.1. The van der Waals surface area contributed by atoms with Crippen molar-refractivity contribution in [3.8, 4) is 23.0 Å². The van der Waals surface area contributed by atoms with Crippen LogP contribution in [-0.2, 0) is 32.3 Å². The summed E-state index contributed by atoms with van der Waals surface area (Å²) in [5, 5.41) is 19.8. The van der Waals surface area contributed by atoms with Crippen molar-refractivity contribution in [2.24, 2.45) is 23.7 Å². The molecule has 1 aliphatic carbocycles. The summed E-state index contributed by atoms with van der Waals surface area (Å²) in [4.78, 5) is 57.2. The number of aliphatic carboxylic acids is 1. The molecule has 0 aromatic heterocycles. The molecule has 1 fully saturated rings. The van der Waals surface area contributed by atoms with E-state index in [0.29, 0.717) is 48.9 Å². The van der Waals surface area contributed by atoms with Crippen molar-refractivity contribution in [1.29, 1.82) is 0 Å². The van der Waals surface area contributed by atoms with Crippen LogP contribution in [0, 0.1) is 23.7 Å². The Morgan fingerprint density at radius 3 is 1.29 bits per heavy atom. The first-order valence-electron chi connectivity index (χ1n) is 17.1. The molecule has 4 unspecified atom stereocenters. The molecule has 4 aromatic rings. The van der Waals surface area contributed by atoms with Crippen molar-refractivity contribution in [3.63, 3.8) is 0 Å². The van der Waals surface area contributed by atoms with Gasteiger partial charge in [-0.2, -0.15) is 0 Å². The fraction of sp³-hybridized carbons (Fsp3) is 0.300. The second kappa shape index (κ2) is 17.3. The lowest BCUT2D eigenvalue weighted by molar-refractivity contribution is -0.184. The highest BCUT2D eigenvalue weighted by Crippen LogP contribution is 2.49. The molecule has 0 radical (unpaired) electrons. The Morgan fingerprint density at radius 2 is 0.941 bits per heavy atom. The van der Waals surface area contributed by atoms with Gasteiger partial charge in [0.25, 0.3) is 0 Å². The van der Waals surface area contributed by atoms with Gasteiger partial charge in [0.2, 0.25) is 17.7 Å². The third-order valence-corrected chi connectivity index (χ3v) is 8.98. The molecule has 1 saturated carbocycles. The molecule has 11 nitrogen and oxygen atoms in total. The maximum Gasteiger partial charge on any atom is 0.308 e. The zero-order valence-corrected chi connectivity index (χ0v) is 28.7. The lowest BCUT2D eigenvalue weighted by Crippen LogP contribution is -2.65. The average Bonchev–Trinajstić information content (AvgIpc) is 3.13. The van der Waals surface area contributed by atoms with Crippen LogP contribution in [0.4, 0.5) is 0 Å². The molecule has 4 atom stereocenters. The molecule has 0 aliphatic heterocycles. The number of rotatable bonds is 16. The molecular formula is C40H43N3O8. The molecule has 1 aliphatic rings. The zero-order chi connectivity index (χ0) is 36.3. The first-order chi connectivity index (χ1) is 24.7. The average molecular weight is 694 g/mol. The summed E-state index contributed by atoms with van der Waals surface area (Å²) in [5.41, 5.74) is 3.10. The number of nitrogens with zero attached hydrogens (tertiary/aromatic N) is 2. The predicted octanol–water partition coefficient (Wildman–Crippen LogP) is 6.52. The third-order valence-electron chi connectivity index (χ3n) is 8.98. The molecule has 266 valence electrons. The van der Waals surface area contributed by atoms with Gasteiger partial charge in [0.05, 0.1) is 23.7 Å². The molecule has 11 heteroatoms. The van der Waals surface area contributed by atoms with E-state index in [0.717, 1.165) is 11.1 Å². The van der Waals surface area contributed by atoms with Crippen LogP contribution in [0.15, 0.2) is 109 Å². The highest BCUT2D eigenvalue weighted by atomic mass is 16.5. The van der Waals surface area contributed by atoms with Crippen molar-refractivity contribution in [3.05, 3.63) is 120 Å². The fourth-order valence-electron chi connectivity index (χ4n) is 6.58. The molecular weight excluding hydrogens is 650 g/mol. The normalized spacial score (nSPS) is 17.8. The van der Waals surface area contributed by atoms with E-state index in [-0.39, 0.29) is 13.1 Å². The van der Waals surface area contributed by atoms with Crippen LogP contribution in [0.2, 0.25) is 0 Å². The Hall–Kier alpha value is -5.68. The first-order valence-corrected chi connectivity index (χ1v) is 17.1. The number of carbonyl (C=O) groups excluding carboxylic acids is 3. The van der Waals surface area contributed by atoms with Crippen molar-refractivity contribution in [2.75, 3.05) is 13.1 Å². The molecule has 0 bridgehead atoms. The summed E-state index contributed by atoms with van der Waals surface area (Å²) in [6.07, 6.45) is 1.16. The number of benzene rings is 4. The van der Waals surface area contributed by atoms with E-state index in [2.05, 4.69) is 0 Å². The van der Waals surface area contributed by atoms with Gasteiger partial charge >= 0.3 is 5.97 Å². The molecule has 3 amide bonds. The zero-order valence-electron chi connectivity index (χ0n) is 28.7. The fourth-order valence-corrected chi connectivity index (χ4v) is 6.58. The molecule has 0 spiro atoms. The third kappa shape index (κ3) is 8.92. The second-order valence-electron chi connectivity index (χ2n) is 12.6. The van der Waals surface area contributed by atoms with Crippen LogP contribution in [0.5, 0.6) is 23.0 Å². The topological polar surface area (TPSA) is 146 Å². The summed E-state index contributed by atoms with van der Waals surface area (Å²) < 4.78 is 11.8. The maximum absolute atomic E-state index is 14.3. The van der Waals surface area contributed by atoms with Gasteiger partial charge in [-0.3, -0.25) is 24.4 Å². The van der Waals surface area contributed by atoms with E-state index >= 15 is 0 Å². The second-order valence-corrected chi connectivity index (χ2v) is 12.6. The van der Waals surface area contributed by atoms with Gasteiger partial charge in [-0.1, -0.05) is 74.5 Å². The maximum atomic E-state index is 14.3. The lowest BCUT2D eigenvalue weighted by atomic mass is 9.55. The van der Waals surface area contributed by atoms with E-state index < -0.39 is 47.4 Å². The number of carbonyl (C=O) groups is 4. The van der Waals surface area contributed by atoms with Gasteiger partial charge in [0, 0.05) is 26.2 Å². The van der Waals surface area contributed by atoms with Crippen molar-refractivity contribution < 1.29 is 39.0 Å². The van der Waals surface area contributed by atoms with Crippen LogP contribution in [0.3, 0.4) is 0 Å². The Bertz CT molecular complexity index is 1770. The van der Waals surface area contributed by atoms with Gasteiger partial charge in [-0.05, 0) is 72.5 Å². The Labute approximate surface area is 297 Å². The Balaban J connectivity index is 1.36. The SMILES string of the molecule is CCCN(Cc1ccc(Oc2ccccc2)cc1)C(=O)C1C(C(=O)O)C(C(=O)NO)C1C(=O)N(CCC)Cc1ccc(Oc2ccccc2)cc1. The van der Waals surface area contributed by atoms with Crippen LogP contribution < -0.4 is 15.0 Å². The molecule has 5 rings (SSSR count). The van der Waals surface area contributed by atoms with E-state index in [9.17, 15) is 29.5 Å². The summed E-state index contributed by atoms with van der Waals surface area (Å²) in [7, 11) is 0. The number of nitrogens with one attached hydrogen (secondary N) is 1. The number of ether oxygens (including phenoxy) is 2. The highest BCUT2D eigenvalue weighted by Gasteiger charge is 2.64. The van der Waals surface area contributed by atoms with Crippen LogP contribution >= 0.6 is 0 Å². The molecule has 0 heterocycles. The largest absolute Gasteiger partial charge is 0.481 e. The summed E-state index contributed by atoms with van der Waals surface area (Å²) in [6.45, 7) is 4.73. The quantitative estimate of drug-likeness (QED) is 0.0889. The Morgan fingerprint density at radius 1 is 0.569 bits per heavy atom. The number of hydrogen-bond acceptors (Lipinski definition) is 7. The smallest absolute Gasteiger partial charge is 0.308 e. The van der Waals surface area contributed by atoms with Crippen molar-refractivity contribution >= 4 is 23.7 Å². The lowest BCUT2D eigenvalue weighted by Gasteiger charge is -2.49. The number of hydrogen-bond donors (Lipinski definition) is 3. The van der Waals surface area contributed by atoms with E-state index in [1.54, 1.807) is 29.2 Å². The highest BCUT2D eigenvalue weighted by molar-refractivity contribution is 6.01. The van der Waals surface area contributed by atoms with Crippen LogP contribution in [0.25, 0.3) is 0 Å². The van der Waals surface area contributed by atoms with Crippen molar-refractivity contribution in [2.45, 2.75) is 39.8 Å². The minimum Gasteiger partial charge on any atom is -0.481 e. The summed E-state index contributed by atoms with van der Waals surface area (Å²) >= 11 is 0. The Kier molecular flexibility index (Phi) is 12.4. The number of carboxylic acid groups (broad SMARTS) is 1. The van der Waals surface area contributed by atoms with Crippen molar-refractivity contribution in [1.82, 2.24) is 15.3 Å². The first kappa shape index (κ1) is 36.6. The van der Waals surface area contributed by atoms with Gasteiger partial charge in [0.1, 0.15) is 23.0 Å². The van der Waals surface area contributed by atoms with Crippen LogP contribution in [0.1, 0.15) is 37.8 Å². The van der Waals surface area contributed by atoms with E-state index in [1.807, 2.05) is 98.8 Å². The number of hydroxylamine groups is 1. The van der Waals surface area contributed by atoms with Gasteiger partial charge in [-0.15, -0.1) is 0 Å². The van der Waals surface area contributed by atoms with E-state index in [4.69, 9.17) is 9.47 Å². The molecule has 0 saturated heterocycles. The minimum atomic E-state index is -1.50. The molecule has 3 N–H and O–H groups in total.